The summed E-state index contributed by atoms with van der Waals surface area (Å²) in [6.45, 7) is -0.109. The Morgan fingerprint density at radius 2 is 2.00 bits per heavy atom. The van der Waals surface area contributed by atoms with Gasteiger partial charge in [0.15, 0.2) is 0 Å². The average Bonchev–Trinajstić information content (AvgIpc) is 2.73. The van der Waals surface area contributed by atoms with Crippen LogP contribution in [0.25, 0.3) is 0 Å². The molecule has 0 aliphatic rings. The van der Waals surface area contributed by atoms with Gasteiger partial charge in [-0.2, -0.15) is 4.68 Å². The molecule has 0 saturated carbocycles. The molecule has 0 saturated heterocycles. The molecule has 9 heteroatoms. The minimum atomic E-state index is -0.618. The quantitative estimate of drug-likeness (QED) is 0.627. The number of aromatic nitrogens is 2. The van der Waals surface area contributed by atoms with Gasteiger partial charge in [-0.15, -0.1) is 0 Å². The van der Waals surface area contributed by atoms with Crippen molar-refractivity contribution >= 4 is 49.3 Å². The highest BCUT2D eigenvalue weighted by Crippen LogP contribution is 2.22. The highest BCUT2D eigenvalue weighted by atomic mass is 79.9. The van der Waals surface area contributed by atoms with Crippen LogP contribution in [-0.2, 0) is 11.3 Å². The van der Waals surface area contributed by atoms with Gasteiger partial charge < -0.3 is 15.4 Å². The minimum Gasteiger partial charge on any atom is -0.358 e. The Morgan fingerprint density at radius 3 is 2.55 bits per heavy atom. The van der Waals surface area contributed by atoms with Crippen molar-refractivity contribution in [1.29, 1.82) is 0 Å². The minimum absolute atomic E-state index is 0.109. The van der Waals surface area contributed by atoms with Gasteiger partial charge in [0, 0.05) is 10.2 Å². The van der Waals surface area contributed by atoms with Gasteiger partial charge in [-0.1, -0.05) is 15.9 Å². The molecular formula is C11H8Br2N4O3. The lowest BCUT2D eigenvalue weighted by molar-refractivity contribution is -0.390. The summed E-state index contributed by atoms with van der Waals surface area (Å²) in [5, 5.41) is 17.0. The summed E-state index contributed by atoms with van der Waals surface area (Å²) in [7, 11) is 0. The van der Waals surface area contributed by atoms with Crippen LogP contribution in [0.3, 0.4) is 0 Å². The number of benzene rings is 1. The van der Waals surface area contributed by atoms with Crippen molar-refractivity contribution in [3.63, 3.8) is 0 Å². The summed E-state index contributed by atoms with van der Waals surface area (Å²) < 4.78 is 2.34. The molecule has 7 nitrogen and oxygen atoms in total. The van der Waals surface area contributed by atoms with Crippen LogP contribution in [0, 0.1) is 10.1 Å². The summed E-state index contributed by atoms with van der Waals surface area (Å²) in [5.74, 6) is -0.640. The number of nitrogens with one attached hydrogen (secondary N) is 1. The van der Waals surface area contributed by atoms with Crippen molar-refractivity contribution < 1.29 is 9.72 Å². The average molecular weight is 404 g/mol. The van der Waals surface area contributed by atoms with Crippen LogP contribution in [0.5, 0.6) is 0 Å². The zero-order chi connectivity index (χ0) is 14.7. The molecule has 1 heterocycles. The SMILES string of the molecule is O=C(Cn1cc(Br)c([N+](=O)[O-])n1)Nc1ccc(Br)cc1. The van der Waals surface area contributed by atoms with Crippen LogP contribution in [0.15, 0.2) is 39.4 Å². The molecule has 0 radical (unpaired) electrons. The molecule has 2 rings (SSSR count). The third-order valence-corrected chi connectivity index (χ3v) is 3.39. The lowest BCUT2D eigenvalue weighted by Crippen LogP contribution is -2.19. The molecule has 0 aliphatic heterocycles. The van der Waals surface area contributed by atoms with Crippen LogP contribution in [0.4, 0.5) is 11.5 Å². The second kappa shape index (κ2) is 6.14. The first kappa shape index (κ1) is 14.7. The molecule has 1 aromatic carbocycles. The first-order chi connectivity index (χ1) is 9.45. The van der Waals surface area contributed by atoms with Gasteiger partial charge in [-0.05, 0) is 45.1 Å². The van der Waals surface area contributed by atoms with E-state index in [0.29, 0.717) is 5.69 Å². The number of nitrogens with zero attached hydrogens (tertiary/aromatic N) is 3. The third-order valence-electron chi connectivity index (χ3n) is 2.31. The molecule has 0 fully saturated rings. The lowest BCUT2D eigenvalue weighted by Gasteiger charge is -2.03. The Kier molecular flexibility index (Phi) is 4.50. The van der Waals surface area contributed by atoms with Gasteiger partial charge in [0.05, 0.1) is 11.3 Å². The molecule has 0 atom stereocenters. The summed E-state index contributed by atoms with van der Waals surface area (Å²) in [6.07, 6.45) is 1.39. The molecule has 0 spiro atoms. The van der Waals surface area contributed by atoms with Crippen molar-refractivity contribution in [2.45, 2.75) is 6.54 Å². The summed E-state index contributed by atoms with van der Waals surface area (Å²) in [4.78, 5) is 21.8. The smallest absolute Gasteiger partial charge is 0.358 e. The number of rotatable bonds is 4. The fourth-order valence-corrected chi connectivity index (χ4v) is 2.20. The van der Waals surface area contributed by atoms with E-state index in [1.807, 2.05) is 0 Å². The molecule has 20 heavy (non-hydrogen) atoms. The normalized spacial score (nSPS) is 10.3. The van der Waals surface area contributed by atoms with E-state index < -0.39 is 4.92 Å². The fraction of sp³-hybridized carbons (Fsp3) is 0.0909. The number of nitro groups is 1. The first-order valence-corrected chi connectivity index (χ1v) is 6.97. The van der Waals surface area contributed by atoms with E-state index in [2.05, 4.69) is 42.3 Å². The number of carbonyl (C=O) groups is 1. The topological polar surface area (TPSA) is 90.1 Å². The predicted octanol–water partition coefficient (Wildman–Crippen LogP) is 2.96. The highest BCUT2D eigenvalue weighted by Gasteiger charge is 2.19. The fourth-order valence-electron chi connectivity index (χ4n) is 1.47. The monoisotopic (exact) mass is 402 g/mol. The molecule has 1 N–H and O–H groups in total. The molecule has 0 aliphatic carbocycles. The van der Waals surface area contributed by atoms with Gasteiger partial charge in [0.2, 0.25) is 5.91 Å². The van der Waals surface area contributed by atoms with E-state index in [-0.39, 0.29) is 22.7 Å². The van der Waals surface area contributed by atoms with Crippen LogP contribution < -0.4 is 5.32 Å². The molecule has 2 aromatic rings. The van der Waals surface area contributed by atoms with E-state index in [1.165, 1.54) is 10.9 Å². The highest BCUT2D eigenvalue weighted by molar-refractivity contribution is 9.10. The van der Waals surface area contributed by atoms with Crippen molar-refractivity contribution in [2.24, 2.45) is 0 Å². The molecule has 0 unspecified atom stereocenters. The van der Waals surface area contributed by atoms with Crippen molar-refractivity contribution in [2.75, 3.05) is 5.32 Å². The number of halogens is 2. The molecule has 104 valence electrons. The Morgan fingerprint density at radius 1 is 1.35 bits per heavy atom. The van der Waals surface area contributed by atoms with Gasteiger partial charge in [0.25, 0.3) is 0 Å². The zero-order valence-corrected chi connectivity index (χ0v) is 13.1. The number of anilines is 1. The maximum Gasteiger partial charge on any atom is 0.404 e. The lowest BCUT2D eigenvalue weighted by atomic mass is 10.3. The van der Waals surface area contributed by atoms with E-state index in [1.54, 1.807) is 24.3 Å². The maximum absolute atomic E-state index is 11.8. The van der Waals surface area contributed by atoms with E-state index in [0.717, 1.165) is 4.47 Å². The molecule has 1 amide bonds. The number of hydrogen-bond donors (Lipinski definition) is 1. The van der Waals surface area contributed by atoms with Crippen molar-refractivity contribution in [1.82, 2.24) is 9.78 Å². The van der Waals surface area contributed by atoms with E-state index >= 15 is 0 Å². The Balaban J connectivity index is 2.03. The number of amides is 1. The predicted molar refractivity (Wildman–Crippen MR) is 79.4 cm³/mol. The van der Waals surface area contributed by atoms with E-state index in [9.17, 15) is 14.9 Å². The maximum atomic E-state index is 11.8. The van der Waals surface area contributed by atoms with Crippen molar-refractivity contribution in [3.8, 4) is 0 Å². The molecule has 1 aromatic heterocycles. The van der Waals surface area contributed by atoms with Crippen LogP contribution in [0.2, 0.25) is 0 Å². The third kappa shape index (κ3) is 3.64. The Hall–Kier alpha value is -1.74. The second-order valence-corrected chi connectivity index (χ2v) is 5.58. The standard InChI is InChI=1S/C11H8Br2N4O3/c12-7-1-3-8(4-2-7)14-10(18)6-16-5-9(13)11(15-16)17(19)20/h1-5H,6H2,(H,14,18). The van der Waals surface area contributed by atoms with Crippen LogP contribution in [0.1, 0.15) is 0 Å². The summed E-state index contributed by atoms with van der Waals surface area (Å²) in [5.41, 5.74) is 0.638. The summed E-state index contributed by atoms with van der Waals surface area (Å²) in [6, 6.07) is 7.07. The number of hydrogen-bond acceptors (Lipinski definition) is 4. The molecule has 0 bridgehead atoms. The molecular weight excluding hydrogens is 396 g/mol. The zero-order valence-electron chi connectivity index (χ0n) is 9.92. The van der Waals surface area contributed by atoms with Gasteiger partial charge >= 0.3 is 5.82 Å². The number of carbonyl (C=O) groups excluding carboxylic acids is 1. The van der Waals surface area contributed by atoms with Gasteiger partial charge in [-0.3, -0.25) is 4.79 Å². The first-order valence-electron chi connectivity index (χ1n) is 5.38. The second-order valence-electron chi connectivity index (χ2n) is 3.81. The largest absolute Gasteiger partial charge is 0.404 e. The Bertz CT molecular complexity index is 654. The van der Waals surface area contributed by atoms with Gasteiger partial charge in [-0.25, -0.2) is 0 Å². The van der Waals surface area contributed by atoms with Crippen molar-refractivity contribution in [3.05, 3.63) is 49.5 Å². The van der Waals surface area contributed by atoms with E-state index in [4.69, 9.17) is 0 Å². The van der Waals surface area contributed by atoms with Crippen LogP contribution >= 0.6 is 31.9 Å². The summed E-state index contributed by atoms with van der Waals surface area (Å²) >= 11 is 6.31. The van der Waals surface area contributed by atoms with Crippen LogP contribution in [-0.4, -0.2) is 20.6 Å². The van der Waals surface area contributed by atoms with Gasteiger partial charge in [0.1, 0.15) is 11.0 Å². The Labute approximate surface area is 130 Å².